The van der Waals surface area contributed by atoms with E-state index in [-0.39, 0.29) is 36.4 Å². The first-order chi connectivity index (χ1) is 6.24. The van der Waals surface area contributed by atoms with E-state index in [2.05, 4.69) is 12.2 Å². The summed E-state index contributed by atoms with van der Waals surface area (Å²) in [5.41, 5.74) is 0. The molecule has 0 amide bonds. The molecule has 0 saturated carbocycles. The number of cyclic esters (lactones) is 1. The molecule has 1 N–H and O–H groups in total. The lowest BCUT2D eigenvalue weighted by Gasteiger charge is -2.24. The van der Waals surface area contributed by atoms with Crippen molar-refractivity contribution in [3.8, 4) is 0 Å². The molecule has 13 heavy (non-hydrogen) atoms. The maximum Gasteiger partial charge on any atom is 0.310 e. The van der Waals surface area contributed by atoms with Crippen molar-refractivity contribution in [1.29, 1.82) is 0 Å². The predicted octanol–water partition coefficient (Wildman–Crippen LogP) is 0.732. The fourth-order valence-corrected chi connectivity index (χ4v) is 2.37. The van der Waals surface area contributed by atoms with Gasteiger partial charge in [-0.25, -0.2) is 0 Å². The number of esters is 1. The van der Waals surface area contributed by atoms with Gasteiger partial charge in [-0.05, 0) is 12.3 Å². The van der Waals surface area contributed by atoms with Crippen molar-refractivity contribution in [3.05, 3.63) is 12.2 Å². The van der Waals surface area contributed by atoms with Gasteiger partial charge in [0.15, 0.2) is 0 Å². The van der Waals surface area contributed by atoms with E-state index in [9.17, 15) is 4.79 Å². The van der Waals surface area contributed by atoms with Crippen LogP contribution in [-0.2, 0) is 9.53 Å². The van der Waals surface area contributed by atoms with Crippen LogP contribution in [-0.4, -0.2) is 23.8 Å². The summed E-state index contributed by atoms with van der Waals surface area (Å²) in [6, 6.07) is 0. The standard InChI is InChI=1S/C10H14O3/c1-6-3-2-4-7-8(5-11)13-10(12)9(6)7/h2-3,6-9,11H,4-5H2,1H3. The SMILES string of the molecule is CC1C=CCC2C(CO)OC(=O)C12. The summed E-state index contributed by atoms with van der Waals surface area (Å²) < 4.78 is 5.10. The van der Waals surface area contributed by atoms with Gasteiger partial charge in [-0.15, -0.1) is 0 Å². The van der Waals surface area contributed by atoms with Gasteiger partial charge >= 0.3 is 5.97 Å². The normalized spacial score (nSPS) is 43.1. The van der Waals surface area contributed by atoms with Crippen LogP contribution in [0.25, 0.3) is 0 Å². The number of aliphatic hydroxyl groups excluding tert-OH is 1. The van der Waals surface area contributed by atoms with E-state index in [1.54, 1.807) is 0 Å². The van der Waals surface area contributed by atoms with Crippen LogP contribution in [0.3, 0.4) is 0 Å². The Morgan fingerprint density at radius 3 is 3.15 bits per heavy atom. The molecule has 72 valence electrons. The number of aliphatic hydroxyl groups is 1. The Labute approximate surface area is 77.4 Å². The van der Waals surface area contributed by atoms with Crippen LogP contribution in [0.4, 0.5) is 0 Å². The second-order valence-electron chi connectivity index (χ2n) is 3.87. The Bertz CT molecular complexity index is 247. The van der Waals surface area contributed by atoms with Crippen molar-refractivity contribution in [1.82, 2.24) is 0 Å². The third-order valence-corrected chi connectivity index (χ3v) is 3.07. The Balaban J connectivity index is 2.22. The van der Waals surface area contributed by atoms with Gasteiger partial charge in [0.25, 0.3) is 0 Å². The maximum atomic E-state index is 11.4. The topological polar surface area (TPSA) is 46.5 Å². The lowest BCUT2D eigenvalue weighted by molar-refractivity contribution is -0.146. The van der Waals surface area contributed by atoms with Crippen molar-refractivity contribution < 1.29 is 14.6 Å². The largest absolute Gasteiger partial charge is 0.459 e. The van der Waals surface area contributed by atoms with Crippen LogP contribution in [0.2, 0.25) is 0 Å². The average Bonchev–Trinajstić information content (AvgIpc) is 2.44. The zero-order valence-electron chi connectivity index (χ0n) is 7.64. The van der Waals surface area contributed by atoms with Gasteiger partial charge in [-0.3, -0.25) is 4.79 Å². The summed E-state index contributed by atoms with van der Waals surface area (Å²) in [4.78, 5) is 11.4. The van der Waals surface area contributed by atoms with Crippen molar-refractivity contribution in [2.75, 3.05) is 6.61 Å². The molecule has 1 aliphatic heterocycles. The lowest BCUT2D eigenvalue weighted by atomic mass is 9.76. The molecule has 0 radical (unpaired) electrons. The van der Waals surface area contributed by atoms with Gasteiger partial charge in [0.2, 0.25) is 0 Å². The molecule has 2 rings (SSSR count). The summed E-state index contributed by atoms with van der Waals surface area (Å²) >= 11 is 0. The molecule has 2 aliphatic rings. The maximum absolute atomic E-state index is 11.4. The minimum atomic E-state index is -0.273. The Hall–Kier alpha value is -0.830. The summed E-state index contributed by atoms with van der Waals surface area (Å²) in [5.74, 6) is 0.281. The Kier molecular flexibility index (Phi) is 2.12. The molecule has 4 unspecified atom stereocenters. The highest BCUT2D eigenvalue weighted by atomic mass is 16.6. The molecule has 0 aromatic rings. The quantitative estimate of drug-likeness (QED) is 0.480. The van der Waals surface area contributed by atoms with Gasteiger partial charge in [0.1, 0.15) is 6.10 Å². The predicted molar refractivity (Wildman–Crippen MR) is 46.9 cm³/mol. The van der Waals surface area contributed by atoms with E-state index in [0.29, 0.717) is 0 Å². The van der Waals surface area contributed by atoms with E-state index in [1.165, 1.54) is 0 Å². The van der Waals surface area contributed by atoms with E-state index >= 15 is 0 Å². The average molecular weight is 182 g/mol. The minimum absolute atomic E-state index is 0.0258. The van der Waals surface area contributed by atoms with E-state index in [4.69, 9.17) is 9.84 Å². The zero-order chi connectivity index (χ0) is 9.42. The molecule has 0 spiro atoms. The first kappa shape index (κ1) is 8.75. The first-order valence-electron chi connectivity index (χ1n) is 4.72. The number of hydrogen-bond donors (Lipinski definition) is 1. The van der Waals surface area contributed by atoms with Gasteiger partial charge in [0, 0.05) is 5.92 Å². The third kappa shape index (κ3) is 1.27. The van der Waals surface area contributed by atoms with Crippen molar-refractivity contribution in [2.45, 2.75) is 19.4 Å². The monoisotopic (exact) mass is 182 g/mol. The van der Waals surface area contributed by atoms with Gasteiger partial charge in [0.05, 0.1) is 12.5 Å². The number of carbonyl (C=O) groups excluding carboxylic acids is 1. The highest BCUT2D eigenvalue weighted by Crippen LogP contribution is 2.39. The van der Waals surface area contributed by atoms with Crippen LogP contribution >= 0.6 is 0 Å². The molecule has 4 atom stereocenters. The number of ether oxygens (including phenoxy) is 1. The molecular weight excluding hydrogens is 168 g/mol. The molecule has 1 aliphatic carbocycles. The van der Waals surface area contributed by atoms with Crippen LogP contribution in [0, 0.1) is 17.8 Å². The number of rotatable bonds is 1. The minimum Gasteiger partial charge on any atom is -0.459 e. The van der Waals surface area contributed by atoms with Gasteiger partial charge in [-0.1, -0.05) is 19.1 Å². The smallest absolute Gasteiger partial charge is 0.310 e. The fourth-order valence-electron chi connectivity index (χ4n) is 2.37. The number of fused-ring (bicyclic) bond motifs is 1. The van der Waals surface area contributed by atoms with E-state index in [1.807, 2.05) is 6.92 Å². The summed E-state index contributed by atoms with van der Waals surface area (Å²) in [6.07, 6.45) is 4.72. The molecule has 1 saturated heterocycles. The van der Waals surface area contributed by atoms with E-state index in [0.717, 1.165) is 6.42 Å². The molecule has 0 aromatic carbocycles. The molecule has 1 fully saturated rings. The molecule has 3 heteroatoms. The van der Waals surface area contributed by atoms with Crippen molar-refractivity contribution >= 4 is 5.97 Å². The van der Waals surface area contributed by atoms with Crippen LogP contribution < -0.4 is 0 Å². The third-order valence-electron chi connectivity index (χ3n) is 3.07. The molecule has 0 aromatic heterocycles. The fraction of sp³-hybridized carbons (Fsp3) is 0.700. The van der Waals surface area contributed by atoms with Gasteiger partial charge in [-0.2, -0.15) is 0 Å². The highest BCUT2D eigenvalue weighted by molar-refractivity contribution is 5.76. The summed E-state index contributed by atoms with van der Waals surface area (Å²) in [7, 11) is 0. The molecule has 1 heterocycles. The second kappa shape index (κ2) is 3.14. The van der Waals surface area contributed by atoms with Crippen molar-refractivity contribution in [2.24, 2.45) is 17.8 Å². The van der Waals surface area contributed by atoms with Crippen LogP contribution in [0.15, 0.2) is 12.2 Å². The summed E-state index contributed by atoms with van der Waals surface area (Å²) in [6.45, 7) is 1.97. The first-order valence-corrected chi connectivity index (χ1v) is 4.72. The molecule has 3 nitrogen and oxygen atoms in total. The Morgan fingerprint density at radius 2 is 2.46 bits per heavy atom. The highest BCUT2D eigenvalue weighted by Gasteiger charge is 2.46. The number of carbonyl (C=O) groups is 1. The second-order valence-corrected chi connectivity index (χ2v) is 3.87. The molecule has 0 bridgehead atoms. The lowest BCUT2D eigenvalue weighted by Crippen LogP contribution is -2.29. The van der Waals surface area contributed by atoms with Crippen molar-refractivity contribution in [3.63, 3.8) is 0 Å². The zero-order valence-corrected chi connectivity index (χ0v) is 7.64. The summed E-state index contributed by atoms with van der Waals surface area (Å²) in [5, 5.41) is 9.01. The Morgan fingerprint density at radius 1 is 1.69 bits per heavy atom. The van der Waals surface area contributed by atoms with E-state index < -0.39 is 0 Å². The van der Waals surface area contributed by atoms with Crippen LogP contribution in [0.5, 0.6) is 0 Å². The molecular formula is C10H14O3. The van der Waals surface area contributed by atoms with Gasteiger partial charge < -0.3 is 9.84 Å². The number of hydrogen-bond acceptors (Lipinski definition) is 3. The van der Waals surface area contributed by atoms with Crippen LogP contribution in [0.1, 0.15) is 13.3 Å². The number of allylic oxidation sites excluding steroid dienone is 2.